The maximum atomic E-state index is 13.1. The van der Waals surface area contributed by atoms with E-state index >= 15 is 0 Å². The van der Waals surface area contributed by atoms with Crippen LogP contribution in [0, 0.1) is 5.82 Å². The first kappa shape index (κ1) is 16.8. The van der Waals surface area contributed by atoms with Gasteiger partial charge in [-0.3, -0.25) is 0 Å². The van der Waals surface area contributed by atoms with Gasteiger partial charge in [0.2, 0.25) is 0 Å². The number of hydrogen-bond acceptors (Lipinski definition) is 3. The highest BCUT2D eigenvalue weighted by Gasteiger charge is 2.33. The van der Waals surface area contributed by atoms with Crippen LogP contribution in [0.1, 0.15) is 30.7 Å². The minimum absolute atomic E-state index is 0.119. The largest absolute Gasteiger partial charge is 0.379 e. The van der Waals surface area contributed by atoms with Crippen molar-refractivity contribution in [3.63, 3.8) is 0 Å². The SMILES string of the molecule is O=S(=O)(N1CCOCC1)N1CCCC[C@@H](c2ccc(F)cc2)C1. The molecule has 7 heteroatoms. The predicted octanol–water partition coefficient (Wildman–Crippen LogP) is 1.97. The molecule has 2 heterocycles. The molecular formula is C16H23FN2O3S. The van der Waals surface area contributed by atoms with Gasteiger partial charge in [0.05, 0.1) is 13.2 Å². The summed E-state index contributed by atoms with van der Waals surface area (Å²) in [6.07, 6.45) is 2.78. The predicted molar refractivity (Wildman–Crippen MR) is 85.9 cm³/mol. The maximum absolute atomic E-state index is 13.1. The van der Waals surface area contributed by atoms with Crippen LogP contribution in [0.2, 0.25) is 0 Å². The zero-order chi connectivity index (χ0) is 16.3. The van der Waals surface area contributed by atoms with Gasteiger partial charge >= 0.3 is 0 Å². The molecular weight excluding hydrogens is 319 g/mol. The number of hydrogen-bond donors (Lipinski definition) is 0. The van der Waals surface area contributed by atoms with Crippen molar-refractivity contribution in [2.45, 2.75) is 25.2 Å². The van der Waals surface area contributed by atoms with Crippen molar-refractivity contribution in [1.29, 1.82) is 0 Å². The molecule has 2 aliphatic heterocycles. The van der Waals surface area contributed by atoms with Crippen LogP contribution in [0.3, 0.4) is 0 Å². The Morgan fingerprint density at radius 1 is 1.00 bits per heavy atom. The van der Waals surface area contributed by atoms with Gasteiger partial charge in [-0.1, -0.05) is 18.6 Å². The van der Waals surface area contributed by atoms with Crippen molar-refractivity contribution in [2.24, 2.45) is 0 Å². The van der Waals surface area contributed by atoms with E-state index in [1.165, 1.54) is 16.4 Å². The average Bonchev–Trinajstić information content (AvgIpc) is 2.83. The zero-order valence-corrected chi connectivity index (χ0v) is 14.0. The number of ether oxygens (including phenoxy) is 1. The summed E-state index contributed by atoms with van der Waals surface area (Å²) in [6.45, 7) is 2.76. The van der Waals surface area contributed by atoms with Crippen LogP contribution in [-0.2, 0) is 14.9 Å². The average molecular weight is 342 g/mol. The molecule has 1 aromatic carbocycles. The normalized spacial score (nSPS) is 25.2. The van der Waals surface area contributed by atoms with Crippen LogP contribution in [0.25, 0.3) is 0 Å². The van der Waals surface area contributed by atoms with E-state index in [0.717, 1.165) is 24.8 Å². The number of benzene rings is 1. The van der Waals surface area contributed by atoms with E-state index in [4.69, 9.17) is 4.74 Å². The van der Waals surface area contributed by atoms with Gasteiger partial charge in [0.1, 0.15) is 5.82 Å². The summed E-state index contributed by atoms with van der Waals surface area (Å²) >= 11 is 0. The fourth-order valence-electron chi connectivity index (χ4n) is 3.26. The van der Waals surface area contributed by atoms with Gasteiger partial charge in [-0.2, -0.15) is 17.0 Å². The summed E-state index contributed by atoms with van der Waals surface area (Å²) in [6, 6.07) is 6.43. The van der Waals surface area contributed by atoms with Gasteiger partial charge in [0.15, 0.2) is 0 Å². The fraction of sp³-hybridized carbons (Fsp3) is 0.625. The molecule has 0 saturated carbocycles. The third kappa shape index (κ3) is 3.91. The van der Waals surface area contributed by atoms with Gasteiger partial charge in [0, 0.05) is 26.2 Å². The van der Waals surface area contributed by atoms with E-state index in [0.29, 0.717) is 39.4 Å². The van der Waals surface area contributed by atoms with Crippen molar-refractivity contribution in [2.75, 3.05) is 39.4 Å². The molecule has 0 spiro atoms. The lowest BCUT2D eigenvalue weighted by molar-refractivity contribution is 0.0701. The zero-order valence-electron chi connectivity index (χ0n) is 13.2. The molecule has 0 bridgehead atoms. The van der Waals surface area contributed by atoms with Crippen molar-refractivity contribution in [3.05, 3.63) is 35.6 Å². The van der Waals surface area contributed by atoms with Gasteiger partial charge in [-0.05, 0) is 36.5 Å². The number of nitrogens with zero attached hydrogens (tertiary/aromatic N) is 2. The summed E-state index contributed by atoms with van der Waals surface area (Å²) < 4.78 is 47.2. The number of halogens is 1. The summed E-state index contributed by atoms with van der Waals surface area (Å²) in [4.78, 5) is 0. The molecule has 0 aliphatic carbocycles. The highest BCUT2D eigenvalue weighted by atomic mass is 32.2. The second-order valence-electron chi connectivity index (χ2n) is 6.12. The quantitative estimate of drug-likeness (QED) is 0.844. The molecule has 5 nitrogen and oxygen atoms in total. The molecule has 0 unspecified atom stereocenters. The minimum atomic E-state index is -3.44. The van der Waals surface area contributed by atoms with Crippen LogP contribution < -0.4 is 0 Å². The topological polar surface area (TPSA) is 49.9 Å². The Bertz CT molecular complexity index is 615. The van der Waals surface area contributed by atoms with Crippen LogP contribution in [0.4, 0.5) is 4.39 Å². The summed E-state index contributed by atoms with van der Waals surface area (Å²) in [5.74, 6) is -0.144. The molecule has 3 rings (SSSR count). The monoisotopic (exact) mass is 342 g/mol. The lowest BCUT2D eigenvalue weighted by Crippen LogP contribution is -2.49. The molecule has 2 fully saturated rings. The molecule has 23 heavy (non-hydrogen) atoms. The van der Waals surface area contributed by atoms with Crippen LogP contribution in [0.15, 0.2) is 24.3 Å². The second-order valence-corrected chi connectivity index (χ2v) is 8.05. The Balaban J connectivity index is 1.77. The van der Waals surface area contributed by atoms with Crippen molar-refractivity contribution in [3.8, 4) is 0 Å². The first-order valence-electron chi connectivity index (χ1n) is 8.16. The molecule has 0 aromatic heterocycles. The smallest absolute Gasteiger partial charge is 0.282 e. The minimum Gasteiger partial charge on any atom is -0.379 e. The lowest BCUT2D eigenvalue weighted by Gasteiger charge is -2.32. The third-order valence-corrected chi connectivity index (χ3v) is 6.60. The fourth-order valence-corrected chi connectivity index (χ4v) is 4.93. The molecule has 1 atom stereocenters. The first-order chi connectivity index (χ1) is 11.1. The second kappa shape index (κ2) is 7.25. The van der Waals surface area contributed by atoms with Crippen LogP contribution in [0.5, 0.6) is 0 Å². The highest BCUT2D eigenvalue weighted by Crippen LogP contribution is 2.28. The molecule has 2 saturated heterocycles. The van der Waals surface area contributed by atoms with Gasteiger partial charge < -0.3 is 4.74 Å². The van der Waals surface area contributed by atoms with Crippen molar-refractivity contribution in [1.82, 2.24) is 8.61 Å². The van der Waals surface area contributed by atoms with Crippen molar-refractivity contribution >= 4 is 10.2 Å². The van der Waals surface area contributed by atoms with E-state index in [2.05, 4.69) is 0 Å². The number of morpholine rings is 1. The summed E-state index contributed by atoms with van der Waals surface area (Å²) in [5, 5.41) is 0. The Labute approximate surface area is 137 Å². The van der Waals surface area contributed by atoms with Gasteiger partial charge in [0.25, 0.3) is 10.2 Å². The van der Waals surface area contributed by atoms with Gasteiger partial charge in [-0.25, -0.2) is 4.39 Å². The third-order valence-electron chi connectivity index (χ3n) is 4.60. The first-order valence-corrected chi connectivity index (χ1v) is 9.55. The van der Waals surface area contributed by atoms with Crippen molar-refractivity contribution < 1.29 is 17.5 Å². The van der Waals surface area contributed by atoms with Gasteiger partial charge in [-0.15, -0.1) is 0 Å². The van der Waals surface area contributed by atoms with E-state index < -0.39 is 10.2 Å². The number of rotatable bonds is 3. The van der Waals surface area contributed by atoms with E-state index in [9.17, 15) is 12.8 Å². The van der Waals surface area contributed by atoms with E-state index in [-0.39, 0.29) is 11.7 Å². The molecule has 0 N–H and O–H groups in total. The molecule has 0 radical (unpaired) electrons. The Kier molecular flexibility index (Phi) is 5.31. The molecule has 2 aliphatic rings. The molecule has 0 amide bonds. The maximum Gasteiger partial charge on any atom is 0.282 e. The molecule has 128 valence electrons. The summed E-state index contributed by atoms with van der Waals surface area (Å²) in [5.41, 5.74) is 1.01. The Hall–Kier alpha value is -1.02. The van der Waals surface area contributed by atoms with E-state index in [1.54, 1.807) is 16.4 Å². The summed E-state index contributed by atoms with van der Waals surface area (Å²) in [7, 11) is -3.44. The Morgan fingerprint density at radius 2 is 1.70 bits per heavy atom. The van der Waals surface area contributed by atoms with Crippen LogP contribution >= 0.6 is 0 Å². The lowest BCUT2D eigenvalue weighted by atomic mass is 9.95. The Morgan fingerprint density at radius 3 is 2.39 bits per heavy atom. The molecule has 1 aromatic rings. The van der Waals surface area contributed by atoms with E-state index in [1.807, 2.05) is 0 Å². The standard InChI is InChI=1S/C16H23FN2O3S/c17-16-6-4-14(5-7-16)15-3-1-2-8-19(13-15)23(20,21)18-9-11-22-12-10-18/h4-7,15H,1-3,8-13H2/t15-/m1/s1. The van der Waals surface area contributed by atoms with Crippen LogP contribution in [-0.4, -0.2) is 56.4 Å². The highest BCUT2D eigenvalue weighted by molar-refractivity contribution is 7.86.